The van der Waals surface area contributed by atoms with Crippen LogP contribution in [0.2, 0.25) is 0 Å². The van der Waals surface area contributed by atoms with Crippen molar-refractivity contribution in [2.75, 3.05) is 11.0 Å². The molecular weight excluding hydrogens is 431 g/mol. The first kappa shape index (κ1) is 24.4. The summed E-state index contributed by atoms with van der Waals surface area (Å²) in [6.45, 7) is 3.15. The quantitative estimate of drug-likeness (QED) is 0.564. The Labute approximate surface area is 179 Å². The summed E-state index contributed by atoms with van der Waals surface area (Å²) < 4.78 is 65.0. The van der Waals surface area contributed by atoms with E-state index in [1.807, 2.05) is 13.8 Å². The van der Waals surface area contributed by atoms with Gasteiger partial charge < -0.3 is 5.32 Å². The van der Waals surface area contributed by atoms with Crippen molar-refractivity contribution in [2.45, 2.75) is 33.5 Å². The van der Waals surface area contributed by atoms with Crippen LogP contribution in [0, 0.1) is 17.6 Å². The highest BCUT2D eigenvalue weighted by Gasteiger charge is 2.15. The largest absolute Gasteiger partial charge is 0.348 e. The standard InChI is InChI=1S/C21H24F3N3O3S/c1-13(2)8-19-15(4-6-16(11-22)26-19)5-7-20(28)25-12-14-9-17(23)21(18(24)10-14)27-31(3,29)30/h4-7,9-10,13,27H,8,11-12H2,1-3H3,(H,25,28)/b7-5+. The van der Waals surface area contributed by atoms with Crippen LogP contribution >= 0.6 is 0 Å². The molecule has 0 unspecified atom stereocenters. The molecule has 0 radical (unpaired) electrons. The molecule has 2 aromatic rings. The fraction of sp³-hybridized carbons (Fsp3) is 0.333. The van der Waals surface area contributed by atoms with Gasteiger partial charge in [-0.15, -0.1) is 0 Å². The Morgan fingerprint density at radius 2 is 1.84 bits per heavy atom. The van der Waals surface area contributed by atoms with E-state index in [-0.39, 0.29) is 18.0 Å². The maximum atomic E-state index is 14.0. The van der Waals surface area contributed by atoms with Gasteiger partial charge in [0.15, 0.2) is 11.6 Å². The fourth-order valence-corrected chi connectivity index (χ4v) is 3.32. The fourth-order valence-electron chi connectivity index (χ4n) is 2.76. The number of rotatable bonds is 9. The van der Waals surface area contributed by atoms with Gasteiger partial charge in [0, 0.05) is 18.3 Å². The maximum absolute atomic E-state index is 14.0. The molecule has 1 aromatic heterocycles. The van der Waals surface area contributed by atoms with Crippen LogP contribution in [0.4, 0.5) is 18.9 Å². The first-order valence-electron chi connectivity index (χ1n) is 9.45. The number of hydrogen-bond donors (Lipinski definition) is 2. The Morgan fingerprint density at radius 1 is 1.19 bits per heavy atom. The van der Waals surface area contributed by atoms with Gasteiger partial charge in [-0.2, -0.15) is 0 Å². The Balaban J connectivity index is 2.08. The minimum Gasteiger partial charge on any atom is -0.348 e. The molecule has 0 fully saturated rings. The number of benzene rings is 1. The average Bonchev–Trinajstić information content (AvgIpc) is 2.67. The van der Waals surface area contributed by atoms with Gasteiger partial charge in [-0.25, -0.2) is 21.6 Å². The van der Waals surface area contributed by atoms with Crippen molar-refractivity contribution in [1.29, 1.82) is 0 Å². The summed E-state index contributed by atoms with van der Waals surface area (Å²) in [6, 6.07) is 5.09. The van der Waals surface area contributed by atoms with Gasteiger partial charge >= 0.3 is 0 Å². The highest BCUT2D eigenvalue weighted by Crippen LogP contribution is 2.22. The topological polar surface area (TPSA) is 88.2 Å². The van der Waals surface area contributed by atoms with Gasteiger partial charge in [0.1, 0.15) is 12.4 Å². The van der Waals surface area contributed by atoms with Gasteiger partial charge in [-0.1, -0.05) is 19.9 Å². The number of nitrogens with zero attached hydrogens (tertiary/aromatic N) is 1. The van der Waals surface area contributed by atoms with E-state index in [0.29, 0.717) is 23.4 Å². The second-order valence-electron chi connectivity index (χ2n) is 7.43. The van der Waals surface area contributed by atoms with Crippen LogP contribution in [0.1, 0.15) is 36.4 Å². The van der Waals surface area contributed by atoms with E-state index in [4.69, 9.17) is 0 Å². The summed E-state index contributed by atoms with van der Waals surface area (Å²) in [5, 5.41) is 2.50. The van der Waals surface area contributed by atoms with Gasteiger partial charge in [0.2, 0.25) is 15.9 Å². The lowest BCUT2D eigenvalue weighted by Gasteiger charge is -2.10. The Kier molecular flexibility index (Phi) is 8.21. The first-order chi connectivity index (χ1) is 14.5. The molecule has 2 N–H and O–H groups in total. The van der Waals surface area contributed by atoms with E-state index in [2.05, 4.69) is 10.3 Å². The van der Waals surface area contributed by atoms with Crippen molar-refractivity contribution >= 4 is 27.7 Å². The van der Waals surface area contributed by atoms with Crippen LogP contribution in [0.3, 0.4) is 0 Å². The molecule has 1 heterocycles. The number of anilines is 1. The molecule has 0 atom stereocenters. The molecule has 168 valence electrons. The zero-order valence-corrected chi connectivity index (χ0v) is 18.2. The lowest BCUT2D eigenvalue weighted by molar-refractivity contribution is -0.116. The summed E-state index contributed by atoms with van der Waals surface area (Å²) in [5.41, 5.74) is 1.00. The molecule has 1 amide bonds. The summed E-state index contributed by atoms with van der Waals surface area (Å²) in [6.07, 6.45) is 4.19. The van der Waals surface area contributed by atoms with Crippen molar-refractivity contribution in [2.24, 2.45) is 5.92 Å². The second-order valence-corrected chi connectivity index (χ2v) is 9.18. The Hall–Kier alpha value is -2.88. The van der Waals surface area contributed by atoms with Crippen molar-refractivity contribution in [1.82, 2.24) is 10.3 Å². The normalized spacial score (nSPS) is 11.8. The number of aromatic nitrogens is 1. The molecule has 0 saturated heterocycles. The SMILES string of the molecule is CC(C)Cc1nc(CF)ccc1/C=C/C(=O)NCc1cc(F)c(NS(C)(=O)=O)c(F)c1. The monoisotopic (exact) mass is 455 g/mol. The summed E-state index contributed by atoms with van der Waals surface area (Å²) in [4.78, 5) is 16.4. The zero-order valence-electron chi connectivity index (χ0n) is 17.4. The van der Waals surface area contributed by atoms with Gasteiger partial charge in [0.05, 0.1) is 11.9 Å². The molecule has 31 heavy (non-hydrogen) atoms. The molecular formula is C21H24F3N3O3S. The molecule has 0 aliphatic heterocycles. The number of alkyl halides is 1. The average molecular weight is 456 g/mol. The van der Waals surface area contributed by atoms with E-state index in [9.17, 15) is 26.4 Å². The molecule has 0 aliphatic rings. The van der Waals surface area contributed by atoms with Crippen LogP contribution in [0.5, 0.6) is 0 Å². The Bertz CT molecular complexity index is 1060. The number of nitrogens with one attached hydrogen (secondary N) is 2. The number of carbonyl (C=O) groups is 1. The Morgan fingerprint density at radius 3 is 2.39 bits per heavy atom. The van der Waals surface area contributed by atoms with E-state index in [1.165, 1.54) is 6.08 Å². The third kappa shape index (κ3) is 7.71. The predicted molar refractivity (Wildman–Crippen MR) is 113 cm³/mol. The van der Waals surface area contributed by atoms with E-state index >= 15 is 0 Å². The van der Waals surface area contributed by atoms with Crippen molar-refractivity contribution in [3.63, 3.8) is 0 Å². The van der Waals surface area contributed by atoms with Crippen LogP contribution in [-0.2, 0) is 34.5 Å². The van der Waals surface area contributed by atoms with Crippen molar-refractivity contribution in [3.8, 4) is 0 Å². The number of carbonyl (C=O) groups excluding carboxylic acids is 1. The zero-order chi connectivity index (χ0) is 23.2. The number of halogens is 3. The van der Waals surface area contributed by atoms with Gasteiger partial charge in [-0.3, -0.25) is 14.5 Å². The number of sulfonamides is 1. The highest BCUT2D eigenvalue weighted by atomic mass is 32.2. The summed E-state index contributed by atoms with van der Waals surface area (Å²) in [7, 11) is -3.85. The molecule has 0 spiro atoms. The number of amides is 1. The van der Waals surface area contributed by atoms with E-state index in [1.54, 1.807) is 22.9 Å². The third-order valence-electron chi connectivity index (χ3n) is 4.08. The summed E-state index contributed by atoms with van der Waals surface area (Å²) >= 11 is 0. The molecule has 0 bridgehead atoms. The maximum Gasteiger partial charge on any atom is 0.244 e. The molecule has 0 saturated carbocycles. The molecule has 10 heteroatoms. The van der Waals surface area contributed by atoms with Crippen molar-refractivity contribution < 1.29 is 26.4 Å². The second kappa shape index (κ2) is 10.4. The molecule has 0 aliphatic carbocycles. The van der Waals surface area contributed by atoms with Crippen molar-refractivity contribution in [3.05, 3.63) is 64.5 Å². The van der Waals surface area contributed by atoms with E-state index < -0.39 is 39.9 Å². The highest BCUT2D eigenvalue weighted by molar-refractivity contribution is 7.92. The van der Waals surface area contributed by atoms with Crippen LogP contribution in [0.25, 0.3) is 6.08 Å². The minimum atomic E-state index is -3.85. The van der Waals surface area contributed by atoms with Crippen LogP contribution < -0.4 is 10.0 Å². The van der Waals surface area contributed by atoms with Crippen LogP contribution in [-0.4, -0.2) is 25.6 Å². The van der Waals surface area contributed by atoms with Gasteiger partial charge in [0.25, 0.3) is 0 Å². The predicted octanol–water partition coefficient (Wildman–Crippen LogP) is 3.73. The lowest BCUT2D eigenvalue weighted by atomic mass is 10.0. The smallest absolute Gasteiger partial charge is 0.244 e. The van der Waals surface area contributed by atoms with Gasteiger partial charge in [-0.05, 0) is 47.7 Å². The third-order valence-corrected chi connectivity index (χ3v) is 4.65. The van der Waals surface area contributed by atoms with E-state index in [0.717, 1.165) is 18.4 Å². The molecule has 2 rings (SSSR count). The number of pyridine rings is 1. The minimum absolute atomic E-state index is 0.116. The lowest BCUT2D eigenvalue weighted by Crippen LogP contribution is -2.21. The number of hydrogen-bond acceptors (Lipinski definition) is 4. The van der Waals surface area contributed by atoms with Crippen LogP contribution in [0.15, 0.2) is 30.3 Å². The summed E-state index contributed by atoms with van der Waals surface area (Å²) in [5.74, 6) is -2.41. The molecule has 6 nitrogen and oxygen atoms in total. The molecule has 1 aromatic carbocycles. The first-order valence-corrected chi connectivity index (χ1v) is 11.3.